The van der Waals surface area contributed by atoms with Crippen LogP contribution in [-0.2, 0) is 4.79 Å². The van der Waals surface area contributed by atoms with Gasteiger partial charge in [0, 0.05) is 58.9 Å². The maximum Gasteiger partial charge on any atom is 0.269 e. The Balaban J connectivity index is 1.36. The number of anilines is 2. The van der Waals surface area contributed by atoms with E-state index in [1.165, 1.54) is 17.7 Å². The number of nitro benzene ring substituents is 1. The number of carbonyl (C=O) groups excluding carboxylic acids is 1. The van der Waals surface area contributed by atoms with Crippen LogP contribution in [0.3, 0.4) is 0 Å². The van der Waals surface area contributed by atoms with Crippen molar-refractivity contribution < 1.29 is 14.8 Å². The quantitative estimate of drug-likeness (QED) is 0.0927. The molecule has 1 aliphatic carbocycles. The Labute approximate surface area is 256 Å². The second kappa shape index (κ2) is 11.4. The number of non-ortho nitro benzene ring substituents is 1. The van der Waals surface area contributed by atoms with E-state index in [0.717, 1.165) is 29.0 Å². The van der Waals surface area contributed by atoms with Gasteiger partial charge < -0.3 is 10.0 Å². The SMILES string of the molecule is Cc1ccc(N(c2ccc(C3=C([O-])/C(=C4/C=[N+](c5ccc([N+](=O)[O-])cc5)c5ccccc54)C3=O)cc2)C(C)CC(C)C)cc1. The van der Waals surface area contributed by atoms with Crippen LogP contribution >= 0.6 is 0 Å². The molecule has 1 atom stereocenters. The summed E-state index contributed by atoms with van der Waals surface area (Å²) >= 11 is 0. The summed E-state index contributed by atoms with van der Waals surface area (Å²) in [7, 11) is 0. The number of hydrogen-bond donors (Lipinski definition) is 0. The lowest BCUT2D eigenvalue weighted by atomic mass is 9.80. The molecule has 0 N–H and O–H groups in total. The molecule has 7 nitrogen and oxygen atoms in total. The van der Waals surface area contributed by atoms with Crippen LogP contribution < -0.4 is 14.6 Å². The number of carbonyl (C=O) groups is 1. The van der Waals surface area contributed by atoms with E-state index in [-0.39, 0.29) is 34.4 Å². The summed E-state index contributed by atoms with van der Waals surface area (Å²) in [4.78, 5) is 26.6. The first-order valence-electron chi connectivity index (χ1n) is 14.8. The van der Waals surface area contributed by atoms with Gasteiger partial charge in [-0.2, -0.15) is 4.58 Å². The molecule has 0 amide bonds. The minimum atomic E-state index is -0.444. The van der Waals surface area contributed by atoms with E-state index in [4.69, 9.17) is 0 Å². The van der Waals surface area contributed by atoms with Gasteiger partial charge in [-0.05, 0) is 62.1 Å². The number of allylic oxidation sites excluding steroid dienone is 3. The zero-order chi connectivity index (χ0) is 31.1. The molecule has 0 spiro atoms. The summed E-state index contributed by atoms with van der Waals surface area (Å²) in [6, 6.07) is 30.1. The molecule has 4 aromatic carbocycles. The van der Waals surface area contributed by atoms with Crippen LogP contribution in [0.4, 0.5) is 28.4 Å². The number of rotatable bonds is 8. The number of hydrogen-bond acceptors (Lipinski definition) is 5. The van der Waals surface area contributed by atoms with Gasteiger partial charge in [0.05, 0.1) is 16.1 Å². The van der Waals surface area contributed by atoms with E-state index in [1.54, 1.807) is 18.3 Å². The lowest BCUT2D eigenvalue weighted by molar-refractivity contribution is -0.384. The van der Waals surface area contributed by atoms with E-state index in [9.17, 15) is 20.0 Å². The standard InChI is InChI=1S/C37H33N3O4/c1-23(2)21-25(4)39(28-13-9-24(3)10-14-28)29-15-11-26(12-16-29)34-36(41)35(37(34)42)32-22-38(33-8-6-5-7-31(32)33)27-17-19-30(20-18-27)40(43)44/h5-20,22-23,25H,21H2,1-4H3. The Morgan fingerprint density at radius 3 is 2.02 bits per heavy atom. The molecule has 0 fully saturated rings. The third-order valence-corrected chi connectivity index (χ3v) is 8.23. The summed E-state index contributed by atoms with van der Waals surface area (Å²) in [5.41, 5.74) is 7.06. The Kier molecular flexibility index (Phi) is 7.47. The molecular weight excluding hydrogens is 550 g/mol. The van der Waals surface area contributed by atoms with Crippen LogP contribution in [0.15, 0.2) is 108 Å². The van der Waals surface area contributed by atoms with Gasteiger partial charge in [-0.1, -0.05) is 61.6 Å². The molecule has 2 aliphatic rings. The first kappa shape index (κ1) is 28.8. The number of Topliss-reactive ketones (excluding diaryl/α,β-unsaturated/α-hetero) is 1. The topological polar surface area (TPSA) is 89.5 Å². The Bertz CT molecular complexity index is 1870. The van der Waals surface area contributed by atoms with Crippen LogP contribution in [0.5, 0.6) is 0 Å². The normalized spacial score (nSPS) is 16.5. The Morgan fingerprint density at radius 2 is 1.43 bits per heavy atom. The number of aryl methyl sites for hydroxylation is 1. The first-order valence-corrected chi connectivity index (χ1v) is 14.8. The largest absolute Gasteiger partial charge is 0.871 e. The van der Waals surface area contributed by atoms with Gasteiger partial charge in [0.1, 0.15) is 0 Å². The molecule has 0 saturated carbocycles. The van der Waals surface area contributed by atoms with E-state index in [2.05, 4.69) is 56.9 Å². The van der Waals surface area contributed by atoms with Gasteiger partial charge in [0.15, 0.2) is 12.0 Å². The molecule has 1 heterocycles. The number of ketones is 1. The molecule has 1 unspecified atom stereocenters. The van der Waals surface area contributed by atoms with Crippen molar-refractivity contribution >= 4 is 51.6 Å². The minimum absolute atomic E-state index is 0.00853. The molecule has 4 aromatic rings. The summed E-state index contributed by atoms with van der Waals surface area (Å²) in [5, 5.41) is 24.7. The Morgan fingerprint density at radius 1 is 0.818 bits per heavy atom. The molecule has 0 bridgehead atoms. The highest BCUT2D eigenvalue weighted by Crippen LogP contribution is 2.44. The highest BCUT2D eigenvalue weighted by molar-refractivity contribution is 6.44. The van der Waals surface area contributed by atoms with Crippen LogP contribution in [0.1, 0.15) is 43.9 Å². The number of benzene rings is 4. The number of fused-ring (bicyclic) bond motifs is 1. The number of para-hydroxylation sites is 1. The van der Waals surface area contributed by atoms with Gasteiger partial charge in [-0.15, -0.1) is 0 Å². The summed E-state index contributed by atoms with van der Waals surface area (Å²) in [6.45, 7) is 8.72. The van der Waals surface area contributed by atoms with Crippen molar-refractivity contribution in [3.05, 3.63) is 135 Å². The summed E-state index contributed by atoms with van der Waals surface area (Å²) < 4.78 is 1.85. The summed E-state index contributed by atoms with van der Waals surface area (Å²) in [5.74, 6) is -0.0332. The second-order valence-electron chi connectivity index (χ2n) is 11.8. The van der Waals surface area contributed by atoms with Crippen molar-refractivity contribution in [1.29, 1.82) is 0 Å². The monoisotopic (exact) mass is 583 g/mol. The Hall–Kier alpha value is -5.30. The molecule has 220 valence electrons. The van der Waals surface area contributed by atoms with Crippen LogP contribution in [0, 0.1) is 23.0 Å². The first-order chi connectivity index (χ1) is 21.1. The van der Waals surface area contributed by atoms with Crippen molar-refractivity contribution in [3.63, 3.8) is 0 Å². The third kappa shape index (κ3) is 5.11. The van der Waals surface area contributed by atoms with E-state index in [0.29, 0.717) is 22.7 Å². The molecule has 1 aliphatic heterocycles. The zero-order valence-electron chi connectivity index (χ0n) is 25.2. The van der Waals surface area contributed by atoms with Gasteiger partial charge in [-0.25, -0.2) is 0 Å². The lowest BCUT2D eigenvalue weighted by Gasteiger charge is -2.34. The fourth-order valence-corrected chi connectivity index (χ4v) is 6.17. The lowest BCUT2D eigenvalue weighted by Crippen LogP contribution is -2.31. The number of nitro groups is 1. The van der Waals surface area contributed by atoms with Gasteiger partial charge in [0.2, 0.25) is 11.4 Å². The van der Waals surface area contributed by atoms with Crippen molar-refractivity contribution in [2.45, 2.75) is 40.2 Å². The number of nitrogens with zero attached hydrogens (tertiary/aromatic N) is 3. The van der Waals surface area contributed by atoms with Crippen LogP contribution in [-0.4, -0.2) is 23.0 Å². The van der Waals surface area contributed by atoms with Crippen molar-refractivity contribution in [2.24, 2.45) is 5.92 Å². The fraction of sp³-hybridized carbons (Fsp3) is 0.189. The van der Waals surface area contributed by atoms with E-state index in [1.807, 2.05) is 53.1 Å². The van der Waals surface area contributed by atoms with Crippen molar-refractivity contribution in [3.8, 4) is 0 Å². The smallest absolute Gasteiger partial charge is 0.269 e. The highest BCUT2D eigenvalue weighted by Gasteiger charge is 2.37. The fourth-order valence-electron chi connectivity index (χ4n) is 6.17. The van der Waals surface area contributed by atoms with Crippen molar-refractivity contribution in [1.82, 2.24) is 4.58 Å². The minimum Gasteiger partial charge on any atom is -0.871 e. The molecule has 0 aromatic heterocycles. The molecule has 7 heteroatoms. The van der Waals surface area contributed by atoms with Gasteiger partial charge >= 0.3 is 0 Å². The van der Waals surface area contributed by atoms with E-state index >= 15 is 0 Å². The zero-order valence-corrected chi connectivity index (χ0v) is 25.2. The predicted molar refractivity (Wildman–Crippen MR) is 175 cm³/mol. The molecule has 0 radical (unpaired) electrons. The average molecular weight is 584 g/mol. The van der Waals surface area contributed by atoms with Gasteiger partial charge in [-0.3, -0.25) is 14.9 Å². The maximum absolute atomic E-state index is 13.6. The summed E-state index contributed by atoms with van der Waals surface area (Å²) in [6.07, 6.45) is 2.78. The highest BCUT2D eigenvalue weighted by atomic mass is 16.6. The molecule has 44 heavy (non-hydrogen) atoms. The average Bonchev–Trinajstić information content (AvgIpc) is 3.37. The molecule has 0 saturated heterocycles. The van der Waals surface area contributed by atoms with E-state index < -0.39 is 4.92 Å². The second-order valence-corrected chi connectivity index (χ2v) is 11.8. The molecule has 6 rings (SSSR count). The van der Waals surface area contributed by atoms with Crippen molar-refractivity contribution in [2.75, 3.05) is 4.90 Å². The van der Waals surface area contributed by atoms with Crippen LogP contribution in [0.25, 0.3) is 11.1 Å². The van der Waals surface area contributed by atoms with Crippen LogP contribution in [0.2, 0.25) is 0 Å². The maximum atomic E-state index is 13.6. The predicted octanol–water partition coefficient (Wildman–Crippen LogP) is 7.50. The molecular formula is C37H33N3O4. The van der Waals surface area contributed by atoms with Gasteiger partial charge in [0.25, 0.3) is 5.69 Å². The third-order valence-electron chi connectivity index (χ3n) is 8.23.